The molecule has 0 aromatic heterocycles. The van der Waals surface area contributed by atoms with Crippen LogP contribution in [0.2, 0.25) is 0 Å². The van der Waals surface area contributed by atoms with Crippen LogP contribution in [0.15, 0.2) is 75.8 Å². The quantitative estimate of drug-likeness (QED) is 0.169. The lowest BCUT2D eigenvalue weighted by Crippen LogP contribution is -1.89. The summed E-state index contributed by atoms with van der Waals surface area (Å²) in [5, 5.41) is 34.9. The first kappa shape index (κ1) is 27.5. The molecule has 0 aliphatic carbocycles. The van der Waals surface area contributed by atoms with E-state index >= 15 is 0 Å². The first-order valence-corrected chi connectivity index (χ1v) is 10.4. The van der Waals surface area contributed by atoms with Gasteiger partial charge in [-0.15, -0.1) is 9.45 Å². The van der Waals surface area contributed by atoms with Crippen LogP contribution in [0.5, 0.6) is 5.75 Å². The third-order valence-corrected chi connectivity index (χ3v) is 3.76. The van der Waals surface area contributed by atoms with E-state index in [0.29, 0.717) is 16.0 Å². The molecule has 30 heavy (non-hydrogen) atoms. The van der Waals surface area contributed by atoms with E-state index in [-0.39, 0.29) is 11.4 Å². The highest BCUT2D eigenvalue weighted by atomic mass is 32.2. The van der Waals surface area contributed by atoms with Crippen LogP contribution in [-0.4, -0.2) is 24.5 Å². The minimum absolute atomic E-state index is 0.0215. The molecule has 0 radical (unpaired) electrons. The number of aromatic hydroxyl groups is 1. The summed E-state index contributed by atoms with van der Waals surface area (Å²) in [5.74, 6) is -0.0215. The third kappa shape index (κ3) is 8.89. The summed E-state index contributed by atoms with van der Waals surface area (Å²) in [7, 11) is 3.75. The molecule has 0 fully saturated rings. The molecule has 0 heterocycles. The van der Waals surface area contributed by atoms with E-state index in [0.717, 1.165) is 17.4 Å². The predicted octanol–water partition coefficient (Wildman–Crippen LogP) is 7.28. The Morgan fingerprint density at radius 1 is 0.867 bits per heavy atom. The maximum atomic E-state index is 10.5. The minimum Gasteiger partial charge on any atom is -0.505 e. The number of rotatable bonds is 5. The molecule has 0 spiro atoms. The van der Waals surface area contributed by atoms with E-state index in [2.05, 4.69) is 24.9 Å². The van der Waals surface area contributed by atoms with Gasteiger partial charge in [-0.25, -0.2) is 5.26 Å². The zero-order valence-electron chi connectivity index (χ0n) is 18.3. The number of fused-ring (bicyclic) bond motifs is 1. The molecule has 3 N–H and O–H groups in total. The number of azo groups is 1. The molecule has 164 valence electrons. The third-order valence-electron chi connectivity index (χ3n) is 3.14. The van der Waals surface area contributed by atoms with Gasteiger partial charge in [-0.1, -0.05) is 75.2 Å². The highest BCUT2D eigenvalue weighted by molar-refractivity contribution is 7.94. The number of benzene rings is 3. The molecule has 0 amide bonds. The Kier molecular flexibility index (Phi) is 15.9. The maximum absolute atomic E-state index is 10.5. The van der Waals surface area contributed by atoms with Crippen LogP contribution in [-0.2, 0) is 9.37 Å². The van der Waals surface area contributed by atoms with Gasteiger partial charge < -0.3 is 10.4 Å². The van der Waals surface area contributed by atoms with Crippen molar-refractivity contribution in [3.63, 3.8) is 0 Å². The van der Waals surface area contributed by atoms with Crippen molar-refractivity contribution in [2.75, 3.05) is 14.1 Å². The van der Waals surface area contributed by atoms with Crippen LogP contribution in [0, 0.1) is 0 Å². The van der Waals surface area contributed by atoms with E-state index in [1.807, 2.05) is 78.2 Å². The average Bonchev–Trinajstić information content (AvgIpc) is 2.81. The number of hydrogen-bond acceptors (Lipinski definition) is 8. The van der Waals surface area contributed by atoms with Gasteiger partial charge >= 0.3 is 0 Å². The lowest BCUT2D eigenvalue weighted by Gasteiger charge is -2.08. The van der Waals surface area contributed by atoms with E-state index in [1.165, 1.54) is 0 Å². The molecule has 0 aliphatic rings. The number of nitrogens with zero attached hydrogens (tertiary/aromatic N) is 2. The van der Waals surface area contributed by atoms with Crippen LogP contribution in [0.4, 0.5) is 11.4 Å². The summed E-state index contributed by atoms with van der Waals surface area (Å²) in [6.45, 7) is 8.00. The van der Waals surface area contributed by atoms with Crippen molar-refractivity contribution in [1.82, 2.24) is 5.32 Å². The summed E-state index contributed by atoms with van der Waals surface area (Å²) in [4.78, 5) is 0.454. The Hall–Kier alpha value is -2.49. The van der Waals surface area contributed by atoms with E-state index in [9.17, 15) is 5.11 Å². The predicted molar refractivity (Wildman–Crippen MR) is 125 cm³/mol. The Morgan fingerprint density at radius 3 is 2.03 bits per heavy atom. The van der Waals surface area contributed by atoms with Gasteiger partial charge in [0, 0.05) is 5.39 Å². The van der Waals surface area contributed by atoms with Crippen molar-refractivity contribution in [3.05, 3.63) is 60.7 Å². The molecule has 0 saturated carbocycles. The molecule has 3 aromatic rings. The normalized spacial score (nSPS) is 9.70. The summed E-state index contributed by atoms with van der Waals surface area (Å²) in [6, 6.07) is 18.2. The van der Waals surface area contributed by atoms with Gasteiger partial charge in [0.1, 0.15) is 5.69 Å². The SMILES string of the molecule is CC.CC.CNC.OOOSc1cc2ccccc2c(O)c1N=Nc1ccccc1. The fraction of sp³-hybridized carbons (Fsp3) is 0.273. The molecular formula is C22H31N3O4S. The van der Waals surface area contributed by atoms with Crippen molar-refractivity contribution >= 4 is 34.2 Å². The number of hydrogen-bond donors (Lipinski definition) is 3. The van der Waals surface area contributed by atoms with Gasteiger partial charge in [0.2, 0.25) is 0 Å². The Bertz CT molecular complexity index is 862. The molecule has 7 nitrogen and oxygen atoms in total. The van der Waals surface area contributed by atoms with Crippen LogP contribution < -0.4 is 5.32 Å². The van der Waals surface area contributed by atoms with Crippen LogP contribution >= 0.6 is 12.0 Å². The smallest absolute Gasteiger partial charge is 0.152 e. The molecule has 3 aromatic carbocycles. The van der Waals surface area contributed by atoms with Crippen molar-refractivity contribution in [3.8, 4) is 5.75 Å². The second-order valence-corrected chi connectivity index (χ2v) is 5.80. The zero-order chi connectivity index (χ0) is 22.8. The lowest BCUT2D eigenvalue weighted by atomic mass is 10.1. The van der Waals surface area contributed by atoms with E-state index in [1.54, 1.807) is 24.3 Å². The van der Waals surface area contributed by atoms with E-state index < -0.39 is 0 Å². The fourth-order valence-electron chi connectivity index (χ4n) is 2.11. The van der Waals surface area contributed by atoms with Gasteiger partial charge in [0.05, 0.1) is 22.6 Å². The molecule has 0 unspecified atom stereocenters. The Balaban J connectivity index is 0.00000108. The van der Waals surface area contributed by atoms with Gasteiger partial charge in [-0.05, 0) is 37.7 Å². The molecule has 3 rings (SSSR count). The van der Waals surface area contributed by atoms with Crippen LogP contribution in [0.3, 0.4) is 0 Å². The van der Waals surface area contributed by atoms with Crippen molar-refractivity contribution in [2.45, 2.75) is 32.6 Å². The number of nitrogens with one attached hydrogen (secondary N) is 1. The second kappa shape index (κ2) is 17.4. The molecular weight excluding hydrogens is 402 g/mol. The Labute approximate surface area is 182 Å². The summed E-state index contributed by atoms with van der Waals surface area (Å²) in [6.07, 6.45) is 0. The Morgan fingerprint density at radius 2 is 1.43 bits per heavy atom. The van der Waals surface area contributed by atoms with Crippen molar-refractivity contribution in [1.29, 1.82) is 0 Å². The molecule has 0 aliphatic heterocycles. The standard InChI is InChI=1S/C16H12N2O4S.C2H7N.2C2H6/c19-16-13-9-5-4-6-11(13)10-14(23-22-21-20)15(16)18-17-12-7-2-1-3-8-12;1-3-2;2*1-2/h1-10,19-20H;3H,1-2H3;2*1-2H3. The largest absolute Gasteiger partial charge is 0.505 e. The van der Waals surface area contributed by atoms with Crippen LogP contribution in [0.25, 0.3) is 10.8 Å². The van der Waals surface area contributed by atoms with Gasteiger partial charge in [0.25, 0.3) is 0 Å². The van der Waals surface area contributed by atoms with Crippen molar-refractivity contribution in [2.24, 2.45) is 10.2 Å². The topological polar surface area (TPSA) is 95.7 Å². The molecule has 8 heteroatoms. The molecule has 0 atom stereocenters. The summed E-state index contributed by atoms with van der Waals surface area (Å²) >= 11 is 0.725. The number of phenols is 1. The zero-order valence-corrected chi connectivity index (χ0v) is 19.1. The minimum atomic E-state index is -0.0215. The average molecular weight is 434 g/mol. The first-order valence-electron chi connectivity index (χ1n) is 9.66. The van der Waals surface area contributed by atoms with Crippen molar-refractivity contribution < 1.29 is 19.7 Å². The first-order chi connectivity index (χ1) is 14.7. The van der Waals surface area contributed by atoms with Gasteiger partial charge in [0.15, 0.2) is 5.75 Å². The highest BCUT2D eigenvalue weighted by Gasteiger charge is 2.14. The van der Waals surface area contributed by atoms with Gasteiger partial charge in [-0.3, -0.25) is 0 Å². The molecule has 0 bridgehead atoms. The van der Waals surface area contributed by atoms with Gasteiger partial charge in [-0.2, -0.15) is 5.11 Å². The van der Waals surface area contributed by atoms with Crippen LogP contribution in [0.1, 0.15) is 27.7 Å². The fourth-order valence-corrected chi connectivity index (χ4v) is 2.60. The summed E-state index contributed by atoms with van der Waals surface area (Å²) in [5.41, 5.74) is 0.880. The second-order valence-electron chi connectivity index (χ2n) is 5.05. The maximum Gasteiger partial charge on any atom is 0.152 e. The molecule has 0 saturated heterocycles. The highest BCUT2D eigenvalue weighted by Crippen LogP contribution is 2.43. The number of phenolic OH excluding ortho intramolecular Hbond substituents is 1. The summed E-state index contributed by atoms with van der Waals surface area (Å²) < 4.78 is 4.48. The van der Waals surface area contributed by atoms with E-state index in [4.69, 9.17) is 5.26 Å². The monoisotopic (exact) mass is 433 g/mol. The lowest BCUT2D eigenvalue weighted by molar-refractivity contribution is -0.432.